The highest BCUT2D eigenvalue weighted by atomic mass is 32.1. The van der Waals surface area contributed by atoms with E-state index in [9.17, 15) is 19.8 Å². The molecule has 2 aliphatic rings. The molecule has 2 saturated heterocycles. The highest BCUT2D eigenvalue weighted by Crippen LogP contribution is 2.29. The molecule has 0 aliphatic carbocycles. The summed E-state index contributed by atoms with van der Waals surface area (Å²) >= 11 is 1.33. The summed E-state index contributed by atoms with van der Waals surface area (Å²) < 4.78 is 7.28. The molecule has 3 aromatic heterocycles. The first-order valence-electron chi connectivity index (χ1n) is 11.4. The number of aliphatic hydroxyl groups excluding tert-OH is 1. The van der Waals surface area contributed by atoms with Crippen molar-refractivity contribution >= 4 is 34.2 Å². The van der Waals surface area contributed by atoms with Crippen LogP contribution in [-0.4, -0.2) is 69.3 Å². The molecule has 34 heavy (non-hydrogen) atoms. The molecule has 0 bridgehead atoms. The molecule has 11 heteroatoms. The van der Waals surface area contributed by atoms with E-state index in [0.717, 1.165) is 25.9 Å². The first-order valence-corrected chi connectivity index (χ1v) is 12.3. The number of thiazole rings is 1. The summed E-state index contributed by atoms with van der Waals surface area (Å²) in [5.74, 6) is -0.555. The van der Waals surface area contributed by atoms with E-state index in [2.05, 4.69) is 10.3 Å². The zero-order chi connectivity index (χ0) is 23.8. The Morgan fingerprint density at radius 3 is 2.88 bits per heavy atom. The number of rotatable bonds is 7. The van der Waals surface area contributed by atoms with Gasteiger partial charge in [-0.2, -0.15) is 0 Å². The van der Waals surface area contributed by atoms with Crippen molar-refractivity contribution in [3.63, 3.8) is 0 Å². The van der Waals surface area contributed by atoms with Crippen LogP contribution < -0.4 is 15.6 Å². The van der Waals surface area contributed by atoms with Gasteiger partial charge in [-0.1, -0.05) is 0 Å². The molecule has 3 N–H and O–H groups in total. The second-order valence-electron chi connectivity index (χ2n) is 8.86. The number of pyridine rings is 2. The second-order valence-corrected chi connectivity index (χ2v) is 9.74. The summed E-state index contributed by atoms with van der Waals surface area (Å²) in [6.07, 6.45) is 5.71. The number of aromatic carboxylic acids is 1. The third-order valence-corrected chi connectivity index (χ3v) is 7.28. The van der Waals surface area contributed by atoms with Crippen LogP contribution >= 0.6 is 11.3 Å². The summed E-state index contributed by atoms with van der Waals surface area (Å²) in [5.41, 5.74) is 0.143. The molecule has 3 aromatic rings. The van der Waals surface area contributed by atoms with Crippen molar-refractivity contribution in [3.8, 4) is 5.13 Å². The van der Waals surface area contributed by atoms with Gasteiger partial charge in [0.1, 0.15) is 17.6 Å². The molecule has 1 unspecified atom stereocenters. The number of fused-ring (bicyclic) bond motifs is 1. The van der Waals surface area contributed by atoms with E-state index < -0.39 is 17.6 Å². The third kappa shape index (κ3) is 4.31. The Kier molecular flexibility index (Phi) is 6.34. The number of carbonyl (C=O) groups is 1. The minimum absolute atomic E-state index is 0.0527. The van der Waals surface area contributed by atoms with Gasteiger partial charge < -0.3 is 19.8 Å². The number of ether oxygens (including phenoxy) is 1. The van der Waals surface area contributed by atoms with E-state index in [4.69, 9.17) is 9.72 Å². The van der Waals surface area contributed by atoms with Crippen LogP contribution in [0.1, 0.15) is 35.2 Å². The summed E-state index contributed by atoms with van der Waals surface area (Å²) in [6.45, 7) is 4.44. The zero-order valence-electron chi connectivity index (χ0n) is 18.8. The van der Waals surface area contributed by atoms with E-state index in [1.165, 1.54) is 17.5 Å². The van der Waals surface area contributed by atoms with E-state index in [0.29, 0.717) is 41.8 Å². The van der Waals surface area contributed by atoms with Crippen molar-refractivity contribution in [1.82, 2.24) is 19.9 Å². The SMILES string of the molecule is Cc1cc(N2CC(C(O)NC[C@H]3CCCCO3)C2)nc2c1c(=O)c(C(=O)O)cn2-c1nccs1. The van der Waals surface area contributed by atoms with Gasteiger partial charge >= 0.3 is 5.97 Å². The standard InChI is InChI=1S/C23H27N5O5S/c1-13-8-17(27-10-14(11-27)21(30)25-9-15-4-2-3-6-33-15)26-20-18(13)19(29)16(22(31)32)12-28(20)23-24-5-7-34-23/h5,7-8,12,14-15,21,25,30H,2-4,6,9-11H2,1H3,(H,31,32)/t15-,21?/m1/s1. The van der Waals surface area contributed by atoms with Crippen molar-refractivity contribution in [2.45, 2.75) is 38.5 Å². The molecule has 10 nitrogen and oxygen atoms in total. The Morgan fingerprint density at radius 1 is 1.38 bits per heavy atom. The minimum atomic E-state index is -1.29. The van der Waals surface area contributed by atoms with Crippen LogP contribution in [0.25, 0.3) is 16.2 Å². The summed E-state index contributed by atoms with van der Waals surface area (Å²) in [4.78, 5) is 35.6. The van der Waals surface area contributed by atoms with Crippen LogP contribution in [-0.2, 0) is 4.74 Å². The zero-order valence-corrected chi connectivity index (χ0v) is 19.6. The van der Waals surface area contributed by atoms with Gasteiger partial charge in [0.15, 0.2) is 10.8 Å². The molecule has 2 atom stereocenters. The molecule has 0 spiro atoms. The first-order chi connectivity index (χ1) is 16.4. The Balaban J connectivity index is 1.38. The summed E-state index contributed by atoms with van der Waals surface area (Å²) in [7, 11) is 0. The second kappa shape index (κ2) is 9.41. The molecule has 2 fully saturated rings. The number of nitrogens with one attached hydrogen (secondary N) is 1. The van der Waals surface area contributed by atoms with Crippen LogP contribution in [0.5, 0.6) is 0 Å². The Labute approximate surface area is 199 Å². The fourth-order valence-corrected chi connectivity index (χ4v) is 5.18. The van der Waals surface area contributed by atoms with E-state index in [1.54, 1.807) is 29.1 Å². The summed E-state index contributed by atoms with van der Waals surface area (Å²) in [5, 5.41) is 25.9. The maximum Gasteiger partial charge on any atom is 0.341 e. The number of anilines is 1. The average molecular weight is 486 g/mol. The molecule has 0 saturated carbocycles. The average Bonchev–Trinajstić information content (AvgIpc) is 3.32. The number of hydrogen-bond acceptors (Lipinski definition) is 9. The molecular weight excluding hydrogens is 458 g/mol. The Hall–Kier alpha value is -2.86. The van der Waals surface area contributed by atoms with Crippen molar-refractivity contribution in [3.05, 3.63) is 45.2 Å². The molecule has 2 aliphatic heterocycles. The van der Waals surface area contributed by atoms with Gasteiger partial charge in [0.05, 0.1) is 11.5 Å². The van der Waals surface area contributed by atoms with Gasteiger partial charge in [0.25, 0.3) is 0 Å². The molecule has 5 rings (SSSR count). The van der Waals surface area contributed by atoms with Crippen LogP contribution in [0.15, 0.2) is 28.6 Å². The van der Waals surface area contributed by atoms with Gasteiger partial charge in [-0.25, -0.2) is 14.8 Å². The van der Waals surface area contributed by atoms with Gasteiger partial charge in [-0.05, 0) is 37.8 Å². The maximum absolute atomic E-state index is 12.9. The number of aromatic nitrogens is 3. The molecule has 0 amide bonds. The van der Waals surface area contributed by atoms with Gasteiger partial charge in [-0.3, -0.25) is 14.7 Å². The van der Waals surface area contributed by atoms with Crippen LogP contribution in [0.3, 0.4) is 0 Å². The van der Waals surface area contributed by atoms with Crippen LogP contribution in [0.2, 0.25) is 0 Å². The largest absolute Gasteiger partial charge is 0.477 e. The van der Waals surface area contributed by atoms with Gasteiger partial charge in [-0.15, -0.1) is 11.3 Å². The van der Waals surface area contributed by atoms with E-state index >= 15 is 0 Å². The lowest BCUT2D eigenvalue weighted by Crippen LogP contribution is -2.57. The van der Waals surface area contributed by atoms with Crippen molar-refractivity contribution < 1.29 is 19.7 Å². The monoisotopic (exact) mass is 485 g/mol. The van der Waals surface area contributed by atoms with Gasteiger partial charge in [0.2, 0.25) is 5.43 Å². The predicted octanol–water partition coefficient (Wildman–Crippen LogP) is 1.76. The number of aryl methyl sites for hydroxylation is 1. The Morgan fingerprint density at radius 2 is 2.21 bits per heavy atom. The molecule has 0 aromatic carbocycles. The smallest absolute Gasteiger partial charge is 0.341 e. The predicted molar refractivity (Wildman–Crippen MR) is 128 cm³/mol. The fourth-order valence-electron chi connectivity index (χ4n) is 4.56. The van der Waals surface area contributed by atoms with E-state index in [1.807, 2.05) is 4.90 Å². The lowest BCUT2D eigenvalue weighted by molar-refractivity contribution is -0.00541. The van der Waals surface area contributed by atoms with Gasteiger partial charge in [0, 0.05) is 49.9 Å². The molecule has 180 valence electrons. The normalized spacial score (nSPS) is 19.8. The van der Waals surface area contributed by atoms with Crippen molar-refractivity contribution in [2.75, 3.05) is 31.1 Å². The topological polar surface area (TPSA) is 130 Å². The lowest BCUT2D eigenvalue weighted by Gasteiger charge is -2.43. The number of nitrogens with zero attached hydrogens (tertiary/aromatic N) is 4. The van der Waals surface area contributed by atoms with Crippen molar-refractivity contribution in [2.24, 2.45) is 5.92 Å². The highest BCUT2D eigenvalue weighted by molar-refractivity contribution is 7.12. The van der Waals surface area contributed by atoms with E-state index in [-0.39, 0.29) is 23.0 Å². The first kappa shape index (κ1) is 22.9. The van der Waals surface area contributed by atoms with Crippen molar-refractivity contribution in [1.29, 1.82) is 0 Å². The fraction of sp³-hybridized carbons (Fsp3) is 0.478. The minimum Gasteiger partial charge on any atom is -0.477 e. The number of carboxylic acids is 1. The quantitative estimate of drug-likeness (QED) is 0.429. The maximum atomic E-state index is 12.9. The molecule has 5 heterocycles. The molecular formula is C23H27N5O5S. The number of carboxylic acid groups (broad SMARTS) is 1. The lowest BCUT2D eigenvalue weighted by atomic mass is 9.97. The van der Waals surface area contributed by atoms with Crippen LogP contribution in [0.4, 0.5) is 5.82 Å². The molecule has 0 radical (unpaired) electrons. The Bertz CT molecular complexity index is 1250. The number of aliphatic hydroxyl groups is 1. The summed E-state index contributed by atoms with van der Waals surface area (Å²) in [6, 6.07) is 1.80. The highest BCUT2D eigenvalue weighted by Gasteiger charge is 2.34. The number of hydrogen-bond donors (Lipinski definition) is 3. The van der Waals surface area contributed by atoms with Crippen LogP contribution in [0, 0.1) is 12.8 Å². The third-order valence-electron chi connectivity index (χ3n) is 6.51.